The molecule has 0 aliphatic carbocycles. The molecule has 6 heteroatoms. The largest absolute Gasteiger partial charge is 0.465 e. The van der Waals surface area contributed by atoms with Crippen molar-refractivity contribution in [2.24, 2.45) is 0 Å². The maximum Gasteiger partial charge on any atom is 0.326 e. The van der Waals surface area contributed by atoms with E-state index in [9.17, 15) is 9.59 Å². The molecule has 1 aromatic heterocycles. The van der Waals surface area contributed by atoms with Crippen molar-refractivity contribution in [3.8, 4) is 0 Å². The highest BCUT2D eigenvalue weighted by Gasteiger charge is 2.14. The molecular weight excluding hydrogens is 366 g/mol. The molecule has 3 aromatic rings. The van der Waals surface area contributed by atoms with E-state index < -0.39 is 0 Å². The van der Waals surface area contributed by atoms with Crippen LogP contribution in [-0.4, -0.2) is 34.6 Å². The Bertz CT molecular complexity index is 994. The number of benzene rings is 2. The predicted molar refractivity (Wildman–Crippen MR) is 113 cm³/mol. The van der Waals surface area contributed by atoms with Crippen LogP contribution in [0.5, 0.6) is 0 Å². The first-order valence-electron chi connectivity index (χ1n) is 9.99. The van der Waals surface area contributed by atoms with Crippen molar-refractivity contribution in [1.82, 2.24) is 14.9 Å². The molecule has 0 saturated heterocycles. The molecule has 2 aromatic carbocycles. The van der Waals surface area contributed by atoms with Gasteiger partial charge in [-0.05, 0) is 43.5 Å². The number of nitrogens with zero attached hydrogens (tertiary/aromatic N) is 2. The number of nitrogens with one attached hydrogen (secondary N) is 1. The first-order chi connectivity index (χ1) is 14.1. The number of hydrogen-bond acceptors (Lipinski definition) is 4. The summed E-state index contributed by atoms with van der Waals surface area (Å²) in [5.41, 5.74) is 3.94. The second-order valence-corrected chi connectivity index (χ2v) is 6.96. The minimum Gasteiger partial charge on any atom is -0.465 e. The van der Waals surface area contributed by atoms with Gasteiger partial charge < -0.3 is 14.6 Å². The number of hydrogen-bond donors (Lipinski definition) is 1. The lowest BCUT2D eigenvalue weighted by Crippen LogP contribution is -2.27. The van der Waals surface area contributed by atoms with Crippen LogP contribution in [0.3, 0.4) is 0 Å². The SMILES string of the molecule is CCOC(=O)Cn1c(CCCNC(=O)Cc2ccccc2C)nc2ccccc21. The maximum absolute atomic E-state index is 12.2. The highest BCUT2D eigenvalue weighted by molar-refractivity contribution is 5.79. The molecule has 3 rings (SSSR count). The van der Waals surface area contributed by atoms with Gasteiger partial charge in [-0.25, -0.2) is 4.98 Å². The third-order valence-corrected chi connectivity index (χ3v) is 4.84. The van der Waals surface area contributed by atoms with E-state index in [-0.39, 0.29) is 18.4 Å². The van der Waals surface area contributed by atoms with Crippen molar-refractivity contribution in [2.45, 2.75) is 39.7 Å². The second kappa shape index (κ2) is 9.87. The van der Waals surface area contributed by atoms with Gasteiger partial charge in [0.15, 0.2) is 0 Å². The van der Waals surface area contributed by atoms with Crippen LogP contribution < -0.4 is 5.32 Å². The molecule has 0 aliphatic rings. The quantitative estimate of drug-likeness (QED) is 0.448. The molecule has 29 heavy (non-hydrogen) atoms. The summed E-state index contributed by atoms with van der Waals surface area (Å²) in [4.78, 5) is 28.9. The summed E-state index contributed by atoms with van der Waals surface area (Å²) >= 11 is 0. The van der Waals surface area contributed by atoms with Gasteiger partial charge in [-0.3, -0.25) is 9.59 Å². The third-order valence-electron chi connectivity index (χ3n) is 4.84. The van der Waals surface area contributed by atoms with E-state index in [1.54, 1.807) is 6.92 Å². The molecule has 1 amide bonds. The van der Waals surface area contributed by atoms with E-state index in [2.05, 4.69) is 10.3 Å². The number of fused-ring (bicyclic) bond motifs is 1. The summed E-state index contributed by atoms with van der Waals surface area (Å²) < 4.78 is 7.00. The number of esters is 1. The van der Waals surface area contributed by atoms with E-state index in [0.717, 1.165) is 34.4 Å². The predicted octanol–water partition coefficient (Wildman–Crippen LogP) is 3.20. The summed E-state index contributed by atoms with van der Waals surface area (Å²) in [6, 6.07) is 15.7. The summed E-state index contributed by atoms with van der Waals surface area (Å²) in [5.74, 6) is 0.565. The standard InChI is InChI=1S/C23H27N3O3/c1-3-29-23(28)16-26-20-12-7-6-11-19(20)25-21(26)13-8-14-24-22(27)15-18-10-5-4-9-17(18)2/h4-7,9-12H,3,8,13-16H2,1-2H3,(H,24,27). The van der Waals surface area contributed by atoms with Gasteiger partial charge >= 0.3 is 5.97 Å². The van der Waals surface area contributed by atoms with Gasteiger partial charge in [0.1, 0.15) is 12.4 Å². The fourth-order valence-electron chi connectivity index (χ4n) is 3.35. The van der Waals surface area contributed by atoms with E-state index in [0.29, 0.717) is 26.0 Å². The Morgan fingerprint density at radius 2 is 1.86 bits per heavy atom. The van der Waals surface area contributed by atoms with Crippen molar-refractivity contribution >= 4 is 22.9 Å². The van der Waals surface area contributed by atoms with Crippen molar-refractivity contribution in [3.63, 3.8) is 0 Å². The van der Waals surface area contributed by atoms with Crippen LogP contribution in [0, 0.1) is 6.92 Å². The van der Waals surface area contributed by atoms with E-state index in [1.165, 1.54) is 0 Å². The molecular formula is C23H27N3O3. The molecule has 0 unspecified atom stereocenters. The number of ether oxygens (including phenoxy) is 1. The van der Waals surface area contributed by atoms with Crippen LogP contribution in [0.2, 0.25) is 0 Å². The fraction of sp³-hybridized carbons (Fsp3) is 0.348. The van der Waals surface area contributed by atoms with Crippen LogP contribution >= 0.6 is 0 Å². The number of para-hydroxylation sites is 2. The number of carbonyl (C=O) groups excluding carboxylic acids is 2. The Morgan fingerprint density at radius 1 is 1.10 bits per heavy atom. The Balaban J connectivity index is 1.58. The molecule has 0 bridgehead atoms. The number of rotatable bonds is 9. The minimum absolute atomic E-state index is 0.0133. The van der Waals surface area contributed by atoms with E-state index in [1.807, 2.05) is 60.0 Å². The van der Waals surface area contributed by atoms with Crippen molar-refractivity contribution in [2.75, 3.05) is 13.2 Å². The van der Waals surface area contributed by atoms with Crippen LogP contribution in [0.25, 0.3) is 11.0 Å². The van der Waals surface area contributed by atoms with Crippen molar-refractivity contribution in [3.05, 3.63) is 65.5 Å². The normalized spacial score (nSPS) is 10.8. The zero-order chi connectivity index (χ0) is 20.6. The van der Waals surface area contributed by atoms with Gasteiger partial charge in [-0.15, -0.1) is 0 Å². The van der Waals surface area contributed by atoms with E-state index >= 15 is 0 Å². The highest BCUT2D eigenvalue weighted by atomic mass is 16.5. The Morgan fingerprint density at radius 3 is 2.66 bits per heavy atom. The zero-order valence-corrected chi connectivity index (χ0v) is 17.0. The lowest BCUT2D eigenvalue weighted by atomic mass is 10.1. The summed E-state index contributed by atoms with van der Waals surface area (Å²) in [5, 5.41) is 2.98. The second-order valence-electron chi connectivity index (χ2n) is 6.96. The number of aromatic nitrogens is 2. The smallest absolute Gasteiger partial charge is 0.326 e. The van der Waals surface area contributed by atoms with Gasteiger partial charge in [0.2, 0.25) is 5.91 Å². The summed E-state index contributed by atoms with van der Waals surface area (Å²) in [6.45, 7) is 4.87. The third kappa shape index (κ3) is 5.44. The number of imidazole rings is 1. The number of amides is 1. The molecule has 1 heterocycles. The lowest BCUT2D eigenvalue weighted by Gasteiger charge is -2.10. The van der Waals surface area contributed by atoms with Crippen molar-refractivity contribution in [1.29, 1.82) is 0 Å². The average Bonchev–Trinajstić information content (AvgIpc) is 3.05. The van der Waals surface area contributed by atoms with Crippen LogP contribution in [-0.2, 0) is 33.7 Å². The van der Waals surface area contributed by atoms with Gasteiger partial charge in [-0.2, -0.15) is 0 Å². The average molecular weight is 393 g/mol. The monoisotopic (exact) mass is 393 g/mol. The molecule has 0 saturated carbocycles. The molecule has 152 valence electrons. The first kappa shape index (κ1) is 20.6. The molecule has 0 aliphatic heterocycles. The molecule has 0 radical (unpaired) electrons. The number of aryl methyl sites for hydroxylation is 2. The Kier molecular flexibility index (Phi) is 7.00. The zero-order valence-electron chi connectivity index (χ0n) is 17.0. The van der Waals surface area contributed by atoms with Gasteiger partial charge in [0, 0.05) is 13.0 Å². The van der Waals surface area contributed by atoms with Gasteiger partial charge in [-0.1, -0.05) is 36.4 Å². The lowest BCUT2D eigenvalue weighted by molar-refractivity contribution is -0.143. The van der Waals surface area contributed by atoms with Gasteiger partial charge in [0.25, 0.3) is 0 Å². The maximum atomic E-state index is 12.2. The van der Waals surface area contributed by atoms with Crippen LogP contribution in [0.15, 0.2) is 48.5 Å². The first-order valence-corrected chi connectivity index (χ1v) is 9.99. The molecule has 6 nitrogen and oxygen atoms in total. The highest BCUT2D eigenvalue weighted by Crippen LogP contribution is 2.17. The molecule has 1 N–H and O–H groups in total. The molecule has 0 fully saturated rings. The van der Waals surface area contributed by atoms with Crippen LogP contribution in [0.4, 0.5) is 0 Å². The Labute approximate surface area is 170 Å². The Hall–Kier alpha value is -3.15. The topological polar surface area (TPSA) is 73.2 Å². The summed E-state index contributed by atoms with van der Waals surface area (Å²) in [7, 11) is 0. The minimum atomic E-state index is -0.275. The van der Waals surface area contributed by atoms with E-state index in [4.69, 9.17) is 4.74 Å². The fourth-order valence-corrected chi connectivity index (χ4v) is 3.35. The number of carbonyl (C=O) groups is 2. The summed E-state index contributed by atoms with van der Waals surface area (Å²) in [6.07, 6.45) is 1.79. The van der Waals surface area contributed by atoms with Crippen LogP contribution in [0.1, 0.15) is 30.3 Å². The van der Waals surface area contributed by atoms with Gasteiger partial charge in [0.05, 0.1) is 24.1 Å². The molecule has 0 atom stereocenters. The van der Waals surface area contributed by atoms with Crippen molar-refractivity contribution < 1.29 is 14.3 Å². The molecule has 0 spiro atoms.